The van der Waals surface area contributed by atoms with Gasteiger partial charge in [-0.15, -0.1) is 0 Å². The first-order chi connectivity index (χ1) is 5.89. The van der Waals surface area contributed by atoms with Crippen LogP contribution in [0.1, 0.15) is 13.3 Å². The van der Waals surface area contributed by atoms with Crippen LogP contribution in [0.25, 0.3) is 0 Å². The summed E-state index contributed by atoms with van der Waals surface area (Å²) in [5.74, 6) is 0. The van der Waals surface area contributed by atoms with E-state index in [4.69, 9.17) is 10.2 Å². The van der Waals surface area contributed by atoms with E-state index in [9.17, 15) is 13.2 Å². The topological polar surface area (TPSA) is 52.5 Å². The molecule has 0 fully saturated rings. The summed E-state index contributed by atoms with van der Waals surface area (Å²) in [6.07, 6.45) is -5.19. The number of hydrogen-bond donors (Lipinski definition) is 3. The Labute approximate surface area is 74.6 Å². The summed E-state index contributed by atoms with van der Waals surface area (Å²) in [4.78, 5) is 0. The standard InChI is InChI=1S/C7H14F3NO2/c1-5(2-7(8,9)10)11-6(3-12)4-13/h5-6,11-13H,2-4H2,1H3. The van der Waals surface area contributed by atoms with Crippen LogP contribution in [0.5, 0.6) is 0 Å². The maximum absolute atomic E-state index is 11.8. The largest absolute Gasteiger partial charge is 0.395 e. The van der Waals surface area contributed by atoms with E-state index in [1.165, 1.54) is 6.92 Å². The van der Waals surface area contributed by atoms with E-state index >= 15 is 0 Å². The van der Waals surface area contributed by atoms with Gasteiger partial charge in [0.25, 0.3) is 0 Å². The molecule has 3 nitrogen and oxygen atoms in total. The second-order valence-electron chi connectivity index (χ2n) is 2.95. The molecule has 13 heavy (non-hydrogen) atoms. The fourth-order valence-electron chi connectivity index (χ4n) is 0.972. The predicted octanol–water partition coefficient (Wildman–Crippen LogP) is 0.270. The molecule has 0 amide bonds. The molecule has 3 N–H and O–H groups in total. The molecule has 0 aromatic heterocycles. The van der Waals surface area contributed by atoms with Crippen molar-refractivity contribution in [3.05, 3.63) is 0 Å². The fourth-order valence-corrected chi connectivity index (χ4v) is 0.972. The minimum absolute atomic E-state index is 0.376. The predicted molar refractivity (Wildman–Crippen MR) is 41.2 cm³/mol. The molecule has 0 radical (unpaired) electrons. The monoisotopic (exact) mass is 201 g/mol. The lowest BCUT2D eigenvalue weighted by molar-refractivity contribution is -0.139. The van der Waals surface area contributed by atoms with Crippen LogP contribution < -0.4 is 5.32 Å². The van der Waals surface area contributed by atoms with Gasteiger partial charge in [-0.05, 0) is 6.92 Å². The Morgan fingerprint density at radius 2 is 1.69 bits per heavy atom. The quantitative estimate of drug-likeness (QED) is 0.598. The van der Waals surface area contributed by atoms with Crippen molar-refractivity contribution in [3.8, 4) is 0 Å². The van der Waals surface area contributed by atoms with Gasteiger partial charge in [0.05, 0.1) is 25.7 Å². The summed E-state index contributed by atoms with van der Waals surface area (Å²) < 4.78 is 35.4. The molecular weight excluding hydrogens is 187 g/mol. The Morgan fingerprint density at radius 3 is 2.00 bits per heavy atom. The molecule has 1 unspecified atom stereocenters. The molecule has 0 aliphatic heterocycles. The molecule has 0 heterocycles. The highest BCUT2D eigenvalue weighted by atomic mass is 19.4. The number of aliphatic hydroxyl groups excluding tert-OH is 2. The number of hydrogen-bond acceptors (Lipinski definition) is 3. The Kier molecular flexibility index (Phi) is 5.27. The lowest BCUT2D eigenvalue weighted by Crippen LogP contribution is -2.43. The average Bonchev–Trinajstić information content (AvgIpc) is 1.96. The third kappa shape index (κ3) is 6.80. The van der Waals surface area contributed by atoms with Gasteiger partial charge in [-0.2, -0.15) is 13.2 Å². The number of nitrogens with one attached hydrogen (secondary N) is 1. The summed E-state index contributed by atoms with van der Waals surface area (Å²) in [5.41, 5.74) is 0. The maximum atomic E-state index is 11.8. The third-order valence-corrected chi connectivity index (χ3v) is 1.50. The Bertz CT molecular complexity index is 136. The maximum Gasteiger partial charge on any atom is 0.390 e. The van der Waals surface area contributed by atoms with E-state index < -0.39 is 24.7 Å². The van der Waals surface area contributed by atoms with Gasteiger partial charge in [-0.1, -0.05) is 0 Å². The molecular formula is C7H14F3NO2. The van der Waals surface area contributed by atoms with E-state index in [0.29, 0.717) is 0 Å². The van der Waals surface area contributed by atoms with E-state index in [0.717, 1.165) is 0 Å². The minimum Gasteiger partial charge on any atom is -0.395 e. The van der Waals surface area contributed by atoms with Crippen molar-refractivity contribution in [2.75, 3.05) is 13.2 Å². The lowest BCUT2D eigenvalue weighted by atomic mass is 10.2. The van der Waals surface area contributed by atoms with Crippen LogP contribution >= 0.6 is 0 Å². The number of aliphatic hydroxyl groups is 2. The van der Waals surface area contributed by atoms with Crippen LogP contribution in [0.3, 0.4) is 0 Å². The van der Waals surface area contributed by atoms with Crippen molar-refractivity contribution in [1.29, 1.82) is 0 Å². The van der Waals surface area contributed by atoms with E-state index in [1.807, 2.05) is 0 Å². The molecule has 0 saturated heterocycles. The van der Waals surface area contributed by atoms with Crippen molar-refractivity contribution in [2.45, 2.75) is 31.6 Å². The highest BCUT2D eigenvalue weighted by molar-refractivity contribution is 4.72. The zero-order chi connectivity index (χ0) is 10.5. The zero-order valence-electron chi connectivity index (χ0n) is 7.30. The average molecular weight is 201 g/mol. The molecule has 6 heteroatoms. The summed E-state index contributed by atoms with van der Waals surface area (Å²) in [5, 5.41) is 19.6. The second kappa shape index (κ2) is 5.41. The first kappa shape index (κ1) is 12.7. The summed E-state index contributed by atoms with van der Waals surface area (Å²) in [6.45, 7) is 0.600. The SMILES string of the molecule is CC(CC(F)(F)F)NC(CO)CO. The third-order valence-electron chi connectivity index (χ3n) is 1.50. The summed E-state index contributed by atoms with van der Waals surface area (Å²) in [7, 11) is 0. The van der Waals surface area contributed by atoms with Gasteiger partial charge >= 0.3 is 6.18 Å². The van der Waals surface area contributed by atoms with Crippen LogP contribution in [0.4, 0.5) is 13.2 Å². The molecule has 0 bridgehead atoms. The molecule has 0 spiro atoms. The first-order valence-corrected chi connectivity index (χ1v) is 3.93. The van der Waals surface area contributed by atoms with E-state index in [2.05, 4.69) is 5.32 Å². The van der Waals surface area contributed by atoms with Gasteiger partial charge < -0.3 is 15.5 Å². The van der Waals surface area contributed by atoms with Crippen LogP contribution in [0, 0.1) is 0 Å². The molecule has 1 atom stereocenters. The molecule has 0 aromatic rings. The number of halogens is 3. The van der Waals surface area contributed by atoms with Gasteiger partial charge in [0, 0.05) is 6.04 Å². The number of alkyl halides is 3. The van der Waals surface area contributed by atoms with Gasteiger partial charge in [0.15, 0.2) is 0 Å². The second-order valence-corrected chi connectivity index (χ2v) is 2.95. The van der Waals surface area contributed by atoms with Crippen molar-refractivity contribution in [2.24, 2.45) is 0 Å². The number of rotatable bonds is 5. The smallest absolute Gasteiger partial charge is 0.390 e. The summed E-state index contributed by atoms with van der Waals surface area (Å²) >= 11 is 0. The van der Waals surface area contributed by atoms with Crippen molar-refractivity contribution in [3.63, 3.8) is 0 Å². The molecule has 0 aliphatic carbocycles. The van der Waals surface area contributed by atoms with E-state index in [-0.39, 0.29) is 13.2 Å². The molecule has 0 aliphatic rings. The Balaban J connectivity index is 3.79. The molecule has 0 rings (SSSR count). The summed E-state index contributed by atoms with van der Waals surface area (Å²) in [6, 6.07) is -1.48. The van der Waals surface area contributed by atoms with Crippen LogP contribution in [0.2, 0.25) is 0 Å². The van der Waals surface area contributed by atoms with Gasteiger partial charge in [0.1, 0.15) is 0 Å². The van der Waals surface area contributed by atoms with Gasteiger partial charge in [-0.3, -0.25) is 0 Å². The molecule has 0 saturated carbocycles. The van der Waals surface area contributed by atoms with Crippen LogP contribution in [-0.4, -0.2) is 41.7 Å². The normalized spacial score (nSPS) is 15.0. The first-order valence-electron chi connectivity index (χ1n) is 3.93. The van der Waals surface area contributed by atoms with E-state index in [1.54, 1.807) is 0 Å². The fraction of sp³-hybridized carbons (Fsp3) is 1.00. The van der Waals surface area contributed by atoms with Gasteiger partial charge in [-0.25, -0.2) is 0 Å². The Morgan fingerprint density at radius 1 is 1.23 bits per heavy atom. The Hall–Kier alpha value is -0.330. The molecule has 0 aromatic carbocycles. The minimum atomic E-state index is -4.22. The van der Waals surface area contributed by atoms with Crippen LogP contribution in [0.15, 0.2) is 0 Å². The lowest BCUT2D eigenvalue weighted by Gasteiger charge is -2.20. The zero-order valence-corrected chi connectivity index (χ0v) is 7.30. The van der Waals surface area contributed by atoms with Gasteiger partial charge in [0.2, 0.25) is 0 Å². The highest BCUT2D eigenvalue weighted by Crippen LogP contribution is 2.21. The highest BCUT2D eigenvalue weighted by Gasteiger charge is 2.30. The van der Waals surface area contributed by atoms with Crippen molar-refractivity contribution < 1.29 is 23.4 Å². The van der Waals surface area contributed by atoms with Crippen molar-refractivity contribution in [1.82, 2.24) is 5.32 Å². The van der Waals surface area contributed by atoms with Crippen LogP contribution in [-0.2, 0) is 0 Å². The van der Waals surface area contributed by atoms with Crippen molar-refractivity contribution >= 4 is 0 Å². The molecule has 80 valence electrons.